The van der Waals surface area contributed by atoms with Gasteiger partial charge >= 0.3 is 0 Å². The minimum atomic E-state index is 0.689. The molecule has 5 heteroatoms. The van der Waals surface area contributed by atoms with E-state index in [0.717, 1.165) is 15.0 Å². The molecule has 0 atom stereocenters. The molecule has 0 aliphatic heterocycles. The highest BCUT2D eigenvalue weighted by atomic mass is 32.1. The van der Waals surface area contributed by atoms with Crippen molar-refractivity contribution in [3.05, 3.63) is 23.1 Å². The van der Waals surface area contributed by atoms with Crippen LogP contribution >= 0.6 is 11.3 Å². The van der Waals surface area contributed by atoms with Gasteiger partial charge in [0.2, 0.25) is 0 Å². The standard InChI is InChI=1S/C13H15NO3S/c1-4-9(14-15)13-6-8-5-10(16-2)11(17-3)7-12(8)18-13/h5-7,15H,4H2,1-3H3/b14-9+. The molecule has 0 unspecified atom stereocenters. The molecule has 96 valence electrons. The van der Waals surface area contributed by atoms with Crippen LogP contribution in [0.25, 0.3) is 10.1 Å². The topological polar surface area (TPSA) is 51.1 Å². The third kappa shape index (κ3) is 2.13. The zero-order valence-electron chi connectivity index (χ0n) is 10.6. The SMILES string of the molecule is CC/C(=N\O)c1cc2cc(OC)c(OC)cc2s1. The fourth-order valence-electron chi connectivity index (χ4n) is 1.80. The first-order chi connectivity index (χ1) is 8.73. The number of nitrogens with zero attached hydrogens (tertiary/aromatic N) is 1. The fourth-order valence-corrected chi connectivity index (χ4v) is 2.93. The van der Waals surface area contributed by atoms with E-state index < -0.39 is 0 Å². The normalized spacial score (nSPS) is 11.8. The van der Waals surface area contributed by atoms with Gasteiger partial charge in [0, 0.05) is 10.8 Å². The summed E-state index contributed by atoms with van der Waals surface area (Å²) >= 11 is 1.58. The lowest BCUT2D eigenvalue weighted by Gasteiger charge is -2.06. The molecule has 0 radical (unpaired) electrons. The van der Waals surface area contributed by atoms with Crippen LogP contribution in [0, 0.1) is 0 Å². The molecule has 1 aromatic heterocycles. The number of rotatable bonds is 4. The lowest BCUT2D eigenvalue weighted by Crippen LogP contribution is -1.94. The van der Waals surface area contributed by atoms with E-state index >= 15 is 0 Å². The van der Waals surface area contributed by atoms with Crippen LogP contribution in [0.5, 0.6) is 11.5 Å². The minimum Gasteiger partial charge on any atom is -0.493 e. The van der Waals surface area contributed by atoms with E-state index in [1.54, 1.807) is 25.6 Å². The molecule has 0 aliphatic rings. The van der Waals surface area contributed by atoms with Crippen molar-refractivity contribution in [1.29, 1.82) is 0 Å². The van der Waals surface area contributed by atoms with Crippen molar-refractivity contribution in [3.63, 3.8) is 0 Å². The second-order valence-electron chi connectivity index (χ2n) is 3.76. The number of hydrogen-bond donors (Lipinski definition) is 1. The summed E-state index contributed by atoms with van der Waals surface area (Å²) < 4.78 is 11.6. The lowest BCUT2D eigenvalue weighted by atomic mass is 10.2. The molecule has 0 saturated heterocycles. The van der Waals surface area contributed by atoms with Crippen LogP contribution in [0.4, 0.5) is 0 Å². The Labute approximate surface area is 109 Å². The Morgan fingerprint density at radius 1 is 1.22 bits per heavy atom. The summed E-state index contributed by atoms with van der Waals surface area (Å²) in [7, 11) is 3.23. The zero-order valence-corrected chi connectivity index (χ0v) is 11.4. The Kier molecular flexibility index (Phi) is 3.72. The van der Waals surface area contributed by atoms with E-state index in [-0.39, 0.29) is 0 Å². The third-order valence-corrected chi connectivity index (χ3v) is 3.91. The molecule has 2 aromatic rings. The van der Waals surface area contributed by atoms with Crippen LogP contribution in [0.3, 0.4) is 0 Å². The predicted molar refractivity (Wildman–Crippen MR) is 73.5 cm³/mol. The van der Waals surface area contributed by atoms with E-state index in [4.69, 9.17) is 14.7 Å². The van der Waals surface area contributed by atoms with Gasteiger partial charge in [-0.25, -0.2) is 0 Å². The summed E-state index contributed by atoms with van der Waals surface area (Å²) in [6.07, 6.45) is 0.692. The first kappa shape index (κ1) is 12.7. The van der Waals surface area contributed by atoms with Crippen molar-refractivity contribution in [2.75, 3.05) is 14.2 Å². The van der Waals surface area contributed by atoms with E-state index in [9.17, 15) is 0 Å². The Bertz CT molecular complexity index is 548. The van der Waals surface area contributed by atoms with Crippen LogP contribution in [0.2, 0.25) is 0 Å². The second kappa shape index (κ2) is 5.27. The monoisotopic (exact) mass is 265 g/mol. The Hall–Kier alpha value is -1.75. The van der Waals surface area contributed by atoms with Crippen molar-refractivity contribution < 1.29 is 14.7 Å². The highest BCUT2D eigenvalue weighted by Gasteiger charge is 2.11. The van der Waals surface area contributed by atoms with Gasteiger partial charge in [-0.1, -0.05) is 12.1 Å². The third-order valence-electron chi connectivity index (χ3n) is 2.76. The van der Waals surface area contributed by atoms with Gasteiger partial charge in [0.05, 0.1) is 24.8 Å². The van der Waals surface area contributed by atoms with E-state index in [1.165, 1.54) is 0 Å². The van der Waals surface area contributed by atoms with Gasteiger partial charge < -0.3 is 14.7 Å². The summed E-state index contributed by atoms with van der Waals surface area (Å²) in [5.41, 5.74) is 0.689. The molecule has 0 amide bonds. The zero-order chi connectivity index (χ0) is 13.1. The van der Waals surface area contributed by atoms with Gasteiger partial charge in [0.15, 0.2) is 11.5 Å². The molecule has 0 fully saturated rings. The summed E-state index contributed by atoms with van der Waals surface area (Å²) in [6, 6.07) is 5.87. The predicted octanol–water partition coefficient (Wildman–Crippen LogP) is 3.51. The molecular weight excluding hydrogens is 250 g/mol. The molecule has 4 nitrogen and oxygen atoms in total. The summed E-state index contributed by atoms with van der Waals surface area (Å²) in [5.74, 6) is 1.41. The lowest BCUT2D eigenvalue weighted by molar-refractivity contribution is 0.318. The van der Waals surface area contributed by atoms with Crippen molar-refractivity contribution >= 4 is 27.1 Å². The number of oxime groups is 1. The van der Waals surface area contributed by atoms with E-state index in [1.807, 2.05) is 25.1 Å². The smallest absolute Gasteiger partial charge is 0.162 e. The number of hydrogen-bond acceptors (Lipinski definition) is 5. The summed E-state index contributed by atoms with van der Waals surface area (Å²) in [6.45, 7) is 1.96. The highest BCUT2D eigenvalue weighted by Crippen LogP contribution is 2.36. The number of ether oxygens (including phenoxy) is 2. The maximum Gasteiger partial charge on any atom is 0.162 e. The highest BCUT2D eigenvalue weighted by molar-refractivity contribution is 7.20. The Morgan fingerprint density at radius 2 is 1.89 bits per heavy atom. The van der Waals surface area contributed by atoms with Crippen LogP contribution in [0.15, 0.2) is 23.4 Å². The molecule has 18 heavy (non-hydrogen) atoms. The van der Waals surface area contributed by atoms with Gasteiger partial charge in [-0.05, 0) is 23.9 Å². The largest absolute Gasteiger partial charge is 0.493 e. The number of thiophene rings is 1. The van der Waals surface area contributed by atoms with Gasteiger partial charge in [0.25, 0.3) is 0 Å². The molecule has 1 aromatic carbocycles. The van der Waals surface area contributed by atoms with Crippen LogP contribution in [-0.4, -0.2) is 25.1 Å². The molecule has 0 spiro atoms. The average molecular weight is 265 g/mol. The number of methoxy groups -OCH3 is 2. The van der Waals surface area contributed by atoms with Crippen molar-refractivity contribution in [2.24, 2.45) is 5.16 Å². The Balaban J connectivity index is 2.58. The first-order valence-corrected chi connectivity index (χ1v) is 6.42. The summed E-state index contributed by atoms with van der Waals surface area (Å²) in [4.78, 5) is 0.963. The molecule has 0 bridgehead atoms. The van der Waals surface area contributed by atoms with Gasteiger partial charge in [-0.2, -0.15) is 0 Å². The van der Waals surface area contributed by atoms with Crippen molar-refractivity contribution in [3.8, 4) is 11.5 Å². The van der Waals surface area contributed by atoms with Crippen molar-refractivity contribution in [1.82, 2.24) is 0 Å². The maximum absolute atomic E-state index is 8.95. The number of fused-ring (bicyclic) bond motifs is 1. The maximum atomic E-state index is 8.95. The van der Waals surface area contributed by atoms with Gasteiger partial charge in [-0.15, -0.1) is 11.3 Å². The van der Waals surface area contributed by atoms with Crippen LogP contribution < -0.4 is 9.47 Å². The van der Waals surface area contributed by atoms with E-state index in [2.05, 4.69) is 5.16 Å². The van der Waals surface area contributed by atoms with Crippen LogP contribution in [0.1, 0.15) is 18.2 Å². The fraction of sp³-hybridized carbons (Fsp3) is 0.308. The minimum absolute atomic E-state index is 0.689. The first-order valence-electron chi connectivity index (χ1n) is 5.60. The van der Waals surface area contributed by atoms with E-state index in [0.29, 0.717) is 23.6 Å². The second-order valence-corrected chi connectivity index (χ2v) is 4.84. The average Bonchev–Trinajstić information content (AvgIpc) is 2.80. The molecule has 0 saturated carbocycles. The Morgan fingerprint density at radius 3 is 2.44 bits per heavy atom. The number of benzene rings is 1. The van der Waals surface area contributed by atoms with Gasteiger partial charge in [-0.3, -0.25) is 0 Å². The molecule has 1 heterocycles. The molecular formula is C13H15NO3S. The quantitative estimate of drug-likeness (QED) is 0.523. The molecule has 1 N–H and O–H groups in total. The van der Waals surface area contributed by atoms with Gasteiger partial charge in [0.1, 0.15) is 0 Å². The van der Waals surface area contributed by atoms with Crippen LogP contribution in [-0.2, 0) is 0 Å². The molecule has 2 rings (SSSR count). The van der Waals surface area contributed by atoms with Crippen molar-refractivity contribution in [2.45, 2.75) is 13.3 Å². The molecule has 0 aliphatic carbocycles. The summed E-state index contributed by atoms with van der Waals surface area (Å²) in [5, 5.41) is 13.3.